The topological polar surface area (TPSA) is 74.9 Å². The lowest BCUT2D eigenvalue weighted by atomic mass is 9.99. The molecule has 1 aromatic heterocycles. The van der Waals surface area contributed by atoms with E-state index in [1.807, 2.05) is 61.5 Å². The Hall–Kier alpha value is -3.38. The van der Waals surface area contributed by atoms with Crippen LogP contribution < -0.4 is 5.43 Å². The predicted octanol–water partition coefficient (Wildman–Crippen LogP) is 4.37. The molecule has 2 aromatic carbocycles. The van der Waals surface area contributed by atoms with E-state index in [9.17, 15) is 9.59 Å². The van der Waals surface area contributed by atoms with Gasteiger partial charge >= 0.3 is 0 Å². The fraction of sp³-hybridized carbons (Fsp3) is 0.208. The molecule has 1 atom stereocenters. The third kappa shape index (κ3) is 4.86. The Morgan fingerprint density at radius 3 is 2.81 bits per heavy atom. The van der Waals surface area contributed by atoms with E-state index < -0.39 is 0 Å². The summed E-state index contributed by atoms with van der Waals surface area (Å²) < 4.78 is 5.78. The smallest absolute Gasteiger partial charge is 0.259 e. The van der Waals surface area contributed by atoms with Crippen LogP contribution in [0.2, 0.25) is 5.02 Å². The largest absolute Gasteiger partial charge is 0.455 e. The molecule has 2 amide bonds. The number of likely N-dealkylation sites (tertiary alicyclic amines) is 1. The molecule has 0 bridgehead atoms. The molecule has 6 nitrogen and oxygen atoms in total. The first-order valence-corrected chi connectivity index (χ1v) is 10.4. The Morgan fingerprint density at radius 1 is 1.19 bits per heavy atom. The van der Waals surface area contributed by atoms with E-state index in [1.54, 1.807) is 11.0 Å². The fourth-order valence-electron chi connectivity index (χ4n) is 3.69. The quantitative estimate of drug-likeness (QED) is 0.461. The maximum Gasteiger partial charge on any atom is 0.259 e. The van der Waals surface area contributed by atoms with Gasteiger partial charge in [-0.3, -0.25) is 9.59 Å². The molecule has 1 N–H and O–H groups in total. The first kappa shape index (κ1) is 20.9. The van der Waals surface area contributed by atoms with Crippen LogP contribution in [0, 0.1) is 6.92 Å². The number of hydrogen-bond acceptors (Lipinski definition) is 4. The highest BCUT2D eigenvalue weighted by molar-refractivity contribution is 6.31. The van der Waals surface area contributed by atoms with E-state index in [4.69, 9.17) is 16.0 Å². The van der Waals surface area contributed by atoms with Gasteiger partial charge in [0.05, 0.1) is 6.21 Å². The molecule has 3 aromatic rings. The lowest BCUT2D eigenvalue weighted by Crippen LogP contribution is -2.36. The molecule has 0 aliphatic carbocycles. The van der Waals surface area contributed by atoms with Crippen molar-refractivity contribution in [3.63, 3.8) is 0 Å². The van der Waals surface area contributed by atoms with E-state index >= 15 is 0 Å². The zero-order valence-corrected chi connectivity index (χ0v) is 17.8. The normalized spacial score (nSPS) is 16.3. The van der Waals surface area contributed by atoms with Crippen molar-refractivity contribution in [1.29, 1.82) is 0 Å². The van der Waals surface area contributed by atoms with Crippen molar-refractivity contribution in [3.05, 3.63) is 82.6 Å². The highest BCUT2D eigenvalue weighted by Crippen LogP contribution is 2.29. The van der Waals surface area contributed by atoms with Crippen LogP contribution in [0.4, 0.5) is 0 Å². The van der Waals surface area contributed by atoms with Crippen LogP contribution in [0.5, 0.6) is 0 Å². The molecule has 0 radical (unpaired) electrons. The second-order valence-electron chi connectivity index (χ2n) is 7.49. The van der Waals surface area contributed by atoms with Crippen LogP contribution in [0.15, 0.2) is 70.2 Å². The molecular weight excluding hydrogens is 414 g/mol. The van der Waals surface area contributed by atoms with Gasteiger partial charge < -0.3 is 9.32 Å². The van der Waals surface area contributed by atoms with Crippen molar-refractivity contribution in [2.45, 2.75) is 19.3 Å². The van der Waals surface area contributed by atoms with Crippen molar-refractivity contribution >= 4 is 29.6 Å². The van der Waals surface area contributed by atoms with Gasteiger partial charge in [-0.25, -0.2) is 5.43 Å². The number of rotatable bonds is 6. The van der Waals surface area contributed by atoms with Crippen LogP contribution in [0.25, 0.3) is 11.3 Å². The molecule has 4 rings (SSSR count). The fourth-order valence-corrected chi connectivity index (χ4v) is 3.87. The molecule has 1 fully saturated rings. The zero-order chi connectivity index (χ0) is 21.8. The van der Waals surface area contributed by atoms with Gasteiger partial charge in [-0.15, -0.1) is 0 Å². The van der Waals surface area contributed by atoms with Gasteiger partial charge in [-0.1, -0.05) is 54.1 Å². The molecule has 7 heteroatoms. The van der Waals surface area contributed by atoms with Gasteiger partial charge in [0.15, 0.2) is 0 Å². The lowest BCUT2D eigenvalue weighted by Gasteiger charge is -2.15. The third-order valence-corrected chi connectivity index (χ3v) is 5.77. The van der Waals surface area contributed by atoms with Gasteiger partial charge in [0.25, 0.3) is 5.91 Å². The Balaban J connectivity index is 1.32. The van der Waals surface area contributed by atoms with E-state index in [2.05, 4.69) is 10.5 Å². The molecule has 31 heavy (non-hydrogen) atoms. The standard InChI is InChI=1S/C24H22ClN3O3/c1-16-20(8-5-9-21(16)25)22-11-10-19(31-22)13-26-27-23(29)15-28-14-18(12-24(28)30)17-6-3-2-4-7-17/h2-11,13,18H,12,14-15H2,1H3,(H,27,29)/b26-13-/t18-/m1/s1. The number of halogens is 1. The summed E-state index contributed by atoms with van der Waals surface area (Å²) >= 11 is 6.17. The number of nitrogens with zero attached hydrogens (tertiary/aromatic N) is 2. The average Bonchev–Trinajstić information content (AvgIpc) is 3.38. The highest BCUT2D eigenvalue weighted by atomic mass is 35.5. The minimum absolute atomic E-state index is 0.0232. The summed E-state index contributed by atoms with van der Waals surface area (Å²) in [7, 11) is 0. The van der Waals surface area contributed by atoms with Crippen molar-refractivity contribution in [2.24, 2.45) is 5.10 Å². The van der Waals surface area contributed by atoms with Crippen molar-refractivity contribution in [1.82, 2.24) is 10.3 Å². The lowest BCUT2D eigenvalue weighted by molar-refractivity contribution is -0.133. The molecule has 0 spiro atoms. The first-order chi connectivity index (χ1) is 15.0. The summed E-state index contributed by atoms with van der Waals surface area (Å²) in [5, 5.41) is 4.62. The summed E-state index contributed by atoms with van der Waals surface area (Å²) in [6.07, 6.45) is 1.85. The third-order valence-electron chi connectivity index (χ3n) is 5.36. The second-order valence-corrected chi connectivity index (χ2v) is 7.90. The molecule has 1 aliphatic rings. The minimum atomic E-state index is -0.351. The number of furan rings is 1. The monoisotopic (exact) mass is 435 g/mol. The zero-order valence-electron chi connectivity index (χ0n) is 17.0. The minimum Gasteiger partial charge on any atom is -0.455 e. The van der Waals surface area contributed by atoms with Crippen LogP contribution in [-0.2, 0) is 9.59 Å². The van der Waals surface area contributed by atoms with E-state index in [0.29, 0.717) is 29.5 Å². The SMILES string of the molecule is Cc1c(Cl)cccc1-c1ccc(/C=N\NC(=O)CN2C[C@H](c3ccccc3)CC2=O)o1. The number of amides is 2. The summed E-state index contributed by atoms with van der Waals surface area (Å²) in [6.45, 7) is 2.43. The highest BCUT2D eigenvalue weighted by Gasteiger charge is 2.31. The second kappa shape index (κ2) is 9.18. The summed E-state index contributed by atoms with van der Waals surface area (Å²) in [5.41, 5.74) is 5.40. The number of carbonyl (C=O) groups is 2. The number of benzene rings is 2. The van der Waals surface area contributed by atoms with Gasteiger partial charge in [0.1, 0.15) is 18.1 Å². The van der Waals surface area contributed by atoms with Crippen LogP contribution in [-0.4, -0.2) is 36.0 Å². The number of carbonyl (C=O) groups excluding carboxylic acids is 2. The van der Waals surface area contributed by atoms with E-state index in [1.165, 1.54) is 6.21 Å². The van der Waals surface area contributed by atoms with E-state index in [0.717, 1.165) is 16.7 Å². The Labute approximate surface area is 185 Å². The van der Waals surface area contributed by atoms with Gasteiger partial charge in [-0.05, 0) is 36.2 Å². The molecule has 1 saturated heterocycles. The van der Waals surface area contributed by atoms with Gasteiger partial charge in [-0.2, -0.15) is 5.10 Å². The molecule has 1 aliphatic heterocycles. The molecule has 158 valence electrons. The van der Waals surface area contributed by atoms with Crippen LogP contribution in [0.1, 0.15) is 29.2 Å². The number of nitrogens with one attached hydrogen (secondary N) is 1. The van der Waals surface area contributed by atoms with Crippen LogP contribution in [0.3, 0.4) is 0 Å². The maximum absolute atomic E-state index is 12.3. The number of hydrazone groups is 1. The average molecular weight is 436 g/mol. The predicted molar refractivity (Wildman–Crippen MR) is 120 cm³/mol. The summed E-state index contributed by atoms with van der Waals surface area (Å²) in [6, 6.07) is 19.1. The molecular formula is C24H22ClN3O3. The molecule has 2 heterocycles. The van der Waals surface area contributed by atoms with Gasteiger partial charge in [0.2, 0.25) is 5.91 Å². The van der Waals surface area contributed by atoms with Crippen molar-refractivity contribution < 1.29 is 14.0 Å². The molecule has 0 unspecified atom stereocenters. The van der Waals surface area contributed by atoms with Crippen molar-refractivity contribution in [2.75, 3.05) is 13.1 Å². The first-order valence-electron chi connectivity index (χ1n) is 10.0. The van der Waals surface area contributed by atoms with Crippen LogP contribution >= 0.6 is 11.6 Å². The Morgan fingerprint density at radius 2 is 2.00 bits per heavy atom. The number of hydrogen-bond donors (Lipinski definition) is 1. The Bertz CT molecular complexity index is 1120. The van der Waals surface area contributed by atoms with E-state index in [-0.39, 0.29) is 24.3 Å². The Kier molecular flexibility index (Phi) is 6.18. The maximum atomic E-state index is 12.3. The van der Waals surface area contributed by atoms with Crippen molar-refractivity contribution in [3.8, 4) is 11.3 Å². The summed E-state index contributed by atoms with van der Waals surface area (Å²) in [5.74, 6) is 0.899. The van der Waals surface area contributed by atoms with Gasteiger partial charge in [0, 0.05) is 29.5 Å². The summed E-state index contributed by atoms with van der Waals surface area (Å²) in [4.78, 5) is 26.0. The molecule has 0 saturated carbocycles.